The molecule has 0 atom stereocenters. The van der Waals surface area contributed by atoms with Gasteiger partial charge in [-0.2, -0.15) is 0 Å². The highest BCUT2D eigenvalue weighted by atomic mass is 32.2. The Labute approximate surface area is 190 Å². The standard InChI is InChI=1S/C23H32N4O4S/c1-25-15-17-26(18-16-25)14-8-13-24-23(28)19-27(21-11-6-7-12-22(21)31-2)32(29,30)20-9-4-3-5-10-20/h3-7,9-12H,8,13-19H2,1-2H3,(H,24,28). The van der Waals surface area contributed by atoms with Crippen LogP contribution in [0.3, 0.4) is 0 Å². The van der Waals surface area contributed by atoms with Crippen LogP contribution in [-0.2, 0) is 14.8 Å². The number of amides is 1. The lowest BCUT2D eigenvalue weighted by Crippen LogP contribution is -2.45. The van der Waals surface area contributed by atoms with Gasteiger partial charge in [0.05, 0.1) is 17.7 Å². The molecule has 0 unspecified atom stereocenters. The first-order chi connectivity index (χ1) is 15.4. The molecule has 0 radical (unpaired) electrons. The topological polar surface area (TPSA) is 82.2 Å². The minimum atomic E-state index is -3.96. The number of carbonyl (C=O) groups excluding carboxylic acids is 1. The van der Waals surface area contributed by atoms with Crippen LogP contribution >= 0.6 is 0 Å². The summed E-state index contributed by atoms with van der Waals surface area (Å²) < 4.78 is 33.2. The van der Waals surface area contributed by atoms with Gasteiger partial charge in [-0.05, 0) is 44.3 Å². The molecule has 9 heteroatoms. The number of rotatable bonds is 10. The summed E-state index contributed by atoms with van der Waals surface area (Å²) in [5, 5.41) is 2.87. The largest absolute Gasteiger partial charge is 0.495 e. The van der Waals surface area contributed by atoms with Crippen LogP contribution in [0.4, 0.5) is 5.69 Å². The average molecular weight is 461 g/mol. The van der Waals surface area contributed by atoms with Crippen molar-refractivity contribution in [3.05, 3.63) is 54.6 Å². The predicted octanol–water partition coefficient (Wildman–Crippen LogP) is 1.64. The highest BCUT2D eigenvalue weighted by Crippen LogP contribution is 2.31. The molecular weight excluding hydrogens is 428 g/mol. The van der Waals surface area contributed by atoms with Crippen molar-refractivity contribution in [1.82, 2.24) is 15.1 Å². The molecule has 0 aliphatic carbocycles. The number of methoxy groups -OCH3 is 1. The number of nitrogens with zero attached hydrogens (tertiary/aromatic N) is 3. The Hall–Kier alpha value is -2.62. The van der Waals surface area contributed by atoms with E-state index >= 15 is 0 Å². The monoisotopic (exact) mass is 460 g/mol. The Morgan fingerprint density at radius 2 is 1.69 bits per heavy atom. The summed E-state index contributed by atoms with van der Waals surface area (Å²) in [5.41, 5.74) is 0.325. The molecule has 1 fully saturated rings. The lowest BCUT2D eigenvalue weighted by atomic mass is 10.3. The number of ether oxygens (including phenoxy) is 1. The number of piperazine rings is 1. The molecule has 1 aliphatic rings. The highest BCUT2D eigenvalue weighted by molar-refractivity contribution is 7.92. The fourth-order valence-corrected chi connectivity index (χ4v) is 5.10. The molecular formula is C23H32N4O4S. The molecule has 1 heterocycles. The molecule has 2 aromatic rings. The van der Waals surface area contributed by atoms with Gasteiger partial charge in [0.15, 0.2) is 0 Å². The summed E-state index contributed by atoms with van der Waals surface area (Å²) in [5.74, 6) is 0.0312. The third kappa shape index (κ3) is 6.21. The molecule has 8 nitrogen and oxygen atoms in total. The van der Waals surface area contributed by atoms with Crippen molar-refractivity contribution in [3.8, 4) is 5.75 Å². The van der Waals surface area contributed by atoms with Gasteiger partial charge in [0.1, 0.15) is 12.3 Å². The lowest BCUT2D eigenvalue weighted by molar-refractivity contribution is -0.119. The predicted molar refractivity (Wildman–Crippen MR) is 126 cm³/mol. The van der Waals surface area contributed by atoms with Crippen LogP contribution in [0.2, 0.25) is 0 Å². The maximum absolute atomic E-state index is 13.4. The Bertz CT molecular complexity index is 977. The fraction of sp³-hybridized carbons (Fsp3) is 0.435. The van der Waals surface area contributed by atoms with Crippen LogP contribution in [0.1, 0.15) is 6.42 Å². The zero-order valence-corrected chi connectivity index (χ0v) is 19.6. The van der Waals surface area contributed by atoms with E-state index in [1.807, 2.05) is 0 Å². The molecule has 0 aromatic heterocycles. The Morgan fingerprint density at radius 1 is 1.03 bits per heavy atom. The third-order valence-electron chi connectivity index (χ3n) is 5.54. The number of hydrogen-bond donors (Lipinski definition) is 1. The van der Waals surface area contributed by atoms with Crippen molar-refractivity contribution >= 4 is 21.6 Å². The molecule has 32 heavy (non-hydrogen) atoms. The summed E-state index contributed by atoms with van der Waals surface area (Å²) >= 11 is 0. The number of carbonyl (C=O) groups is 1. The molecule has 3 rings (SSSR count). The van der Waals surface area contributed by atoms with E-state index in [1.165, 1.54) is 19.2 Å². The molecule has 1 aliphatic heterocycles. The summed E-state index contributed by atoms with van der Waals surface area (Å²) in [6, 6.07) is 14.9. The van der Waals surface area contributed by atoms with Crippen molar-refractivity contribution in [3.63, 3.8) is 0 Å². The zero-order valence-electron chi connectivity index (χ0n) is 18.7. The van der Waals surface area contributed by atoms with Gasteiger partial charge in [-0.25, -0.2) is 8.42 Å². The maximum atomic E-state index is 13.4. The SMILES string of the molecule is COc1ccccc1N(CC(=O)NCCCN1CCN(C)CC1)S(=O)(=O)c1ccccc1. The second-order valence-corrected chi connectivity index (χ2v) is 9.71. The molecule has 2 aromatic carbocycles. The van der Waals surface area contributed by atoms with Crippen LogP contribution in [0.5, 0.6) is 5.75 Å². The number of para-hydroxylation sites is 2. The van der Waals surface area contributed by atoms with E-state index in [0.29, 0.717) is 18.0 Å². The molecule has 1 N–H and O–H groups in total. The van der Waals surface area contributed by atoms with Gasteiger partial charge in [-0.3, -0.25) is 9.10 Å². The van der Waals surface area contributed by atoms with Gasteiger partial charge in [0.2, 0.25) is 5.91 Å². The maximum Gasteiger partial charge on any atom is 0.264 e. The molecule has 0 bridgehead atoms. The van der Waals surface area contributed by atoms with Gasteiger partial charge in [-0.15, -0.1) is 0 Å². The minimum Gasteiger partial charge on any atom is -0.495 e. The minimum absolute atomic E-state index is 0.119. The number of anilines is 1. The van der Waals surface area contributed by atoms with Gasteiger partial charge in [0.25, 0.3) is 10.0 Å². The highest BCUT2D eigenvalue weighted by Gasteiger charge is 2.29. The van der Waals surface area contributed by atoms with Crippen LogP contribution in [0.25, 0.3) is 0 Å². The number of hydrogen-bond acceptors (Lipinski definition) is 6. The van der Waals surface area contributed by atoms with Crippen LogP contribution in [0, 0.1) is 0 Å². The summed E-state index contributed by atoms with van der Waals surface area (Å²) in [6.07, 6.45) is 0.815. The van der Waals surface area contributed by atoms with E-state index < -0.39 is 10.0 Å². The lowest BCUT2D eigenvalue weighted by Gasteiger charge is -2.32. The van der Waals surface area contributed by atoms with Crippen molar-refractivity contribution in [2.45, 2.75) is 11.3 Å². The number of sulfonamides is 1. The van der Waals surface area contributed by atoms with Crippen molar-refractivity contribution in [2.75, 3.05) is 64.3 Å². The molecule has 1 saturated heterocycles. The van der Waals surface area contributed by atoms with E-state index in [4.69, 9.17) is 4.74 Å². The average Bonchev–Trinajstić information content (AvgIpc) is 2.82. The zero-order chi connectivity index (χ0) is 23.0. The number of nitrogens with one attached hydrogen (secondary N) is 1. The van der Waals surface area contributed by atoms with E-state index in [-0.39, 0.29) is 17.3 Å². The van der Waals surface area contributed by atoms with Crippen molar-refractivity contribution < 1.29 is 17.9 Å². The van der Waals surface area contributed by atoms with Gasteiger partial charge >= 0.3 is 0 Å². The Morgan fingerprint density at radius 3 is 2.38 bits per heavy atom. The number of likely N-dealkylation sites (N-methyl/N-ethyl adjacent to an activating group) is 1. The number of benzene rings is 2. The summed E-state index contributed by atoms with van der Waals surface area (Å²) in [4.78, 5) is 17.5. The fourth-order valence-electron chi connectivity index (χ4n) is 3.64. The Kier molecular flexibility index (Phi) is 8.49. The van der Waals surface area contributed by atoms with E-state index in [0.717, 1.165) is 43.4 Å². The van der Waals surface area contributed by atoms with Crippen LogP contribution < -0.4 is 14.4 Å². The van der Waals surface area contributed by atoms with Gasteiger partial charge < -0.3 is 19.9 Å². The molecule has 0 spiro atoms. The van der Waals surface area contributed by atoms with Crippen molar-refractivity contribution in [1.29, 1.82) is 0 Å². The van der Waals surface area contributed by atoms with Crippen LogP contribution in [-0.4, -0.2) is 84.1 Å². The second-order valence-electron chi connectivity index (χ2n) is 7.85. The van der Waals surface area contributed by atoms with E-state index in [9.17, 15) is 13.2 Å². The Balaban J connectivity index is 1.67. The molecule has 0 saturated carbocycles. The first-order valence-corrected chi connectivity index (χ1v) is 12.2. The van der Waals surface area contributed by atoms with E-state index in [1.54, 1.807) is 42.5 Å². The second kappa shape index (κ2) is 11.3. The van der Waals surface area contributed by atoms with Crippen LogP contribution in [0.15, 0.2) is 59.5 Å². The summed E-state index contributed by atoms with van der Waals surface area (Å²) in [7, 11) is -0.359. The van der Waals surface area contributed by atoms with Crippen molar-refractivity contribution in [2.24, 2.45) is 0 Å². The smallest absolute Gasteiger partial charge is 0.264 e. The molecule has 1 amide bonds. The first-order valence-electron chi connectivity index (χ1n) is 10.8. The van der Waals surface area contributed by atoms with E-state index in [2.05, 4.69) is 22.2 Å². The third-order valence-corrected chi connectivity index (χ3v) is 7.32. The van der Waals surface area contributed by atoms with Gasteiger partial charge in [-0.1, -0.05) is 30.3 Å². The summed E-state index contributed by atoms with van der Waals surface area (Å²) in [6.45, 7) is 5.24. The van der Waals surface area contributed by atoms with Gasteiger partial charge in [0, 0.05) is 32.7 Å². The first kappa shape index (κ1) is 24.0. The quantitative estimate of drug-likeness (QED) is 0.543. The normalized spacial score (nSPS) is 15.3. The molecule has 174 valence electrons.